The summed E-state index contributed by atoms with van der Waals surface area (Å²) in [5.74, 6) is 2.68. The van der Waals surface area contributed by atoms with E-state index >= 15 is 0 Å². The molecule has 2 aromatic carbocycles. The van der Waals surface area contributed by atoms with Crippen molar-refractivity contribution in [1.82, 2.24) is 0 Å². The quantitative estimate of drug-likeness (QED) is 0.565. The number of thioether (sulfide) groups is 1. The van der Waals surface area contributed by atoms with Gasteiger partial charge in [0.25, 0.3) is 0 Å². The molecule has 0 saturated heterocycles. The Morgan fingerprint density at radius 3 is 2.63 bits per heavy atom. The Balaban J connectivity index is 1.77. The average molecular weight is 339 g/mol. The Kier molecular flexibility index (Phi) is 5.61. The molecular weight excluding hydrogens is 324 g/mol. The topological polar surface area (TPSA) is 18.5 Å². The molecule has 0 bridgehead atoms. The van der Waals surface area contributed by atoms with E-state index < -0.39 is 0 Å². The van der Waals surface area contributed by atoms with E-state index in [0.717, 1.165) is 21.7 Å². The number of benzene rings is 2. The van der Waals surface area contributed by atoms with Crippen LogP contribution in [0.3, 0.4) is 0 Å². The third-order valence-corrected chi connectivity index (χ3v) is 3.91. The second-order valence-electron chi connectivity index (χ2n) is 3.83. The van der Waals surface area contributed by atoms with Crippen LogP contribution in [0.4, 0.5) is 0 Å². The van der Waals surface area contributed by atoms with Crippen LogP contribution in [0.5, 0.6) is 11.5 Å². The first-order valence-corrected chi connectivity index (χ1v) is 7.71. The van der Waals surface area contributed by atoms with Crippen molar-refractivity contribution in [1.29, 1.82) is 0 Å². The highest BCUT2D eigenvalue weighted by atomic mass is 79.9. The molecule has 2 aromatic rings. The second-order valence-corrected chi connectivity index (χ2v) is 5.92. The summed E-state index contributed by atoms with van der Waals surface area (Å²) in [6.45, 7) is 0.679. The van der Waals surface area contributed by atoms with Gasteiger partial charge in [-0.15, -0.1) is 11.8 Å². The van der Waals surface area contributed by atoms with Crippen LogP contribution in [0.15, 0.2) is 57.9 Å². The molecule has 0 fully saturated rings. The molecule has 4 heteroatoms. The minimum Gasteiger partial charge on any atom is -0.497 e. The van der Waals surface area contributed by atoms with Gasteiger partial charge in [0, 0.05) is 15.1 Å². The highest BCUT2D eigenvalue weighted by Crippen LogP contribution is 2.23. The lowest BCUT2D eigenvalue weighted by atomic mass is 10.3. The van der Waals surface area contributed by atoms with Gasteiger partial charge in [-0.05, 0) is 36.4 Å². The molecule has 100 valence electrons. The first-order chi connectivity index (χ1) is 9.28. The minimum absolute atomic E-state index is 0.679. The Labute approximate surface area is 126 Å². The highest BCUT2D eigenvalue weighted by molar-refractivity contribution is 9.10. The number of halogens is 1. The molecule has 2 nitrogen and oxygen atoms in total. The van der Waals surface area contributed by atoms with Crippen molar-refractivity contribution in [3.63, 3.8) is 0 Å². The molecule has 0 saturated carbocycles. The molecule has 0 aromatic heterocycles. The largest absolute Gasteiger partial charge is 0.497 e. The van der Waals surface area contributed by atoms with Crippen LogP contribution >= 0.6 is 27.7 Å². The van der Waals surface area contributed by atoms with Gasteiger partial charge in [0.1, 0.15) is 11.5 Å². The number of hydrogen-bond donors (Lipinski definition) is 0. The smallest absolute Gasteiger partial charge is 0.120 e. The zero-order chi connectivity index (χ0) is 13.5. The van der Waals surface area contributed by atoms with Crippen molar-refractivity contribution in [2.75, 3.05) is 19.5 Å². The van der Waals surface area contributed by atoms with E-state index in [1.54, 1.807) is 18.9 Å². The maximum absolute atomic E-state index is 5.68. The zero-order valence-electron chi connectivity index (χ0n) is 10.6. The van der Waals surface area contributed by atoms with Crippen molar-refractivity contribution in [3.8, 4) is 11.5 Å². The normalized spacial score (nSPS) is 10.2. The number of rotatable bonds is 6. The van der Waals surface area contributed by atoms with Crippen LogP contribution < -0.4 is 9.47 Å². The molecule has 0 amide bonds. The molecule has 0 heterocycles. The van der Waals surface area contributed by atoms with Gasteiger partial charge in [-0.3, -0.25) is 0 Å². The van der Waals surface area contributed by atoms with E-state index in [9.17, 15) is 0 Å². The molecule has 0 aliphatic rings. The molecule has 19 heavy (non-hydrogen) atoms. The van der Waals surface area contributed by atoms with Crippen LogP contribution in [0.1, 0.15) is 0 Å². The van der Waals surface area contributed by atoms with Gasteiger partial charge < -0.3 is 9.47 Å². The lowest BCUT2D eigenvalue weighted by molar-refractivity contribution is 0.343. The van der Waals surface area contributed by atoms with Crippen molar-refractivity contribution in [2.45, 2.75) is 4.90 Å². The van der Waals surface area contributed by atoms with E-state index in [0.29, 0.717) is 6.61 Å². The fourth-order valence-electron chi connectivity index (χ4n) is 1.57. The van der Waals surface area contributed by atoms with Gasteiger partial charge in [0.15, 0.2) is 0 Å². The maximum atomic E-state index is 5.68. The molecule has 0 radical (unpaired) electrons. The summed E-state index contributed by atoms with van der Waals surface area (Å²) >= 11 is 5.18. The van der Waals surface area contributed by atoms with E-state index in [-0.39, 0.29) is 0 Å². The number of methoxy groups -OCH3 is 1. The Morgan fingerprint density at radius 1 is 1.05 bits per heavy atom. The van der Waals surface area contributed by atoms with E-state index in [4.69, 9.17) is 9.47 Å². The molecule has 0 spiro atoms. The van der Waals surface area contributed by atoms with Crippen LogP contribution in [-0.4, -0.2) is 19.5 Å². The van der Waals surface area contributed by atoms with Gasteiger partial charge in [0.2, 0.25) is 0 Å². The van der Waals surface area contributed by atoms with Crippen molar-refractivity contribution < 1.29 is 9.47 Å². The number of ether oxygens (including phenoxy) is 2. The molecule has 0 N–H and O–H groups in total. The van der Waals surface area contributed by atoms with Gasteiger partial charge >= 0.3 is 0 Å². The van der Waals surface area contributed by atoms with Gasteiger partial charge in [-0.1, -0.05) is 28.1 Å². The maximum Gasteiger partial charge on any atom is 0.120 e. The van der Waals surface area contributed by atoms with Crippen LogP contribution in [0.25, 0.3) is 0 Å². The molecule has 0 aliphatic carbocycles. The fourth-order valence-corrected chi connectivity index (χ4v) is 2.72. The van der Waals surface area contributed by atoms with Gasteiger partial charge in [0.05, 0.1) is 13.7 Å². The average Bonchev–Trinajstić information content (AvgIpc) is 2.44. The minimum atomic E-state index is 0.679. The monoisotopic (exact) mass is 338 g/mol. The van der Waals surface area contributed by atoms with Crippen LogP contribution in [0, 0.1) is 0 Å². The molecule has 0 unspecified atom stereocenters. The predicted molar refractivity (Wildman–Crippen MR) is 83.4 cm³/mol. The molecule has 0 aliphatic heterocycles. The van der Waals surface area contributed by atoms with Crippen molar-refractivity contribution in [2.24, 2.45) is 0 Å². The Morgan fingerprint density at radius 2 is 1.84 bits per heavy atom. The third kappa shape index (κ3) is 4.80. The zero-order valence-corrected chi connectivity index (χ0v) is 13.0. The van der Waals surface area contributed by atoms with Gasteiger partial charge in [-0.2, -0.15) is 0 Å². The summed E-state index contributed by atoms with van der Waals surface area (Å²) in [5.41, 5.74) is 0. The second kappa shape index (κ2) is 7.46. The van der Waals surface area contributed by atoms with Crippen LogP contribution in [-0.2, 0) is 0 Å². The lowest BCUT2D eigenvalue weighted by Crippen LogP contribution is -1.99. The Bertz CT molecular complexity index is 531. The Hall–Kier alpha value is -1.13. The summed E-state index contributed by atoms with van der Waals surface area (Å²) in [6.07, 6.45) is 0. The van der Waals surface area contributed by atoms with Crippen molar-refractivity contribution in [3.05, 3.63) is 53.0 Å². The lowest BCUT2D eigenvalue weighted by Gasteiger charge is -2.07. The first-order valence-electron chi connectivity index (χ1n) is 5.93. The number of hydrogen-bond acceptors (Lipinski definition) is 3. The van der Waals surface area contributed by atoms with Crippen molar-refractivity contribution >= 4 is 27.7 Å². The standard InChI is InChI=1S/C15H15BrO2S/c1-17-13-5-3-7-15(11-13)19-9-8-18-14-6-2-4-12(16)10-14/h2-7,10-11H,8-9H2,1H3. The SMILES string of the molecule is COc1cccc(SCCOc2cccc(Br)c2)c1. The summed E-state index contributed by atoms with van der Waals surface area (Å²) in [5, 5.41) is 0. The summed E-state index contributed by atoms with van der Waals surface area (Å²) in [4.78, 5) is 1.19. The first kappa shape index (κ1) is 14.3. The molecular formula is C15H15BrO2S. The predicted octanol–water partition coefficient (Wildman–Crippen LogP) is 4.63. The van der Waals surface area contributed by atoms with E-state index in [2.05, 4.69) is 22.0 Å². The van der Waals surface area contributed by atoms with E-state index in [1.165, 1.54) is 4.90 Å². The third-order valence-electron chi connectivity index (χ3n) is 2.46. The molecule has 2 rings (SSSR count). The highest BCUT2D eigenvalue weighted by Gasteiger charge is 1.98. The fraction of sp³-hybridized carbons (Fsp3) is 0.200. The van der Waals surface area contributed by atoms with E-state index in [1.807, 2.05) is 42.5 Å². The molecule has 0 atom stereocenters. The van der Waals surface area contributed by atoms with Gasteiger partial charge in [-0.25, -0.2) is 0 Å². The van der Waals surface area contributed by atoms with Crippen LogP contribution in [0.2, 0.25) is 0 Å². The summed E-state index contributed by atoms with van der Waals surface area (Å²) < 4.78 is 11.9. The summed E-state index contributed by atoms with van der Waals surface area (Å²) in [7, 11) is 1.68. The summed E-state index contributed by atoms with van der Waals surface area (Å²) in [6, 6.07) is 15.9.